The second-order valence-corrected chi connectivity index (χ2v) is 6.98. The average molecular weight is 334 g/mol. The topological polar surface area (TPSA) is 76.5 Å². The lowest BCUT2D eigenvalue weighted by atomic mass is 10.1. The van der Waals surface area contributed by atoms with Crippen LogP contribution in [0.2, 0.25) is 0 Å². The number of amides is 2. The molecular weight excluding hydrogens is 308 g/mol. The Hall–Kier alpha value is -1.89. The molecular formula is C17H26N4O3. The summed E-state index contributed by atoms with van der Waals surface area (Å²) in [7, 11) is 1.74. The van der Waals surface area contributed by atoms with E-state index in [4.69, 9.17) is 4.74 Å². The predicted molar refractivity (Wildman–Crippen MR) is 89.7 cm³/mol. The minimum atomic E-state index is -0.117. The first-order valence-corrected chi connectivity index (χ1v) is 8.73. The fourth-order valence-electron chi connectivity index (χ4n) is 3.61. The van der Waals surface area contributed by atoms with Crippen LogP contribution in [0.25, 0.3) is 0 Å². The molecule has 1 saturated carbocycles. The first-order valence-electron chi connectivity index (χ1n) is 8.73. The zero-order valence-corrected chi connectivity index (χ0v) is 14.6. The molecule has 7 heteroatoms. The molecule has 2 atom stereocenters. The van der Waals surface area contributed by atoms with E-state index in [-0.39, 0.29) is 29.9 Å². The summed E-state index contributed by atoms with van der Waals surface area (Å²) in [5, 5.41) is 7.20. The third kappa shape index (κ3) is 3.61. The largest absolute Gasteiger partial charge is 0.372 e. The summed E-state index contributed by atoms with van der Waals surface area (Å²) < 4.78 is 7.23. The number of rotatable bonds is 3. The van der Waals surface area contributed by atoms with E-state index in [1.165, 1.54) is 0 Å². The minimum absolute atomic E-state index is 0.0166. The van der Waals surface area contributed by atoms with Crippen LogP contribution in [-0.2, 0) is 16.6 Å². The Morgan fingerprint density at radius 3 is 2.46 bits per heavy atom. The molecule has 3 rings (SSSR count). The van der Waals surface area contributed by atoms with Crippen LogP contribution in [-0.4, -0.2) is 51.8 Å². The van der Waals surface area contributed by atoms with Crippen LogP contribution < -0.4 is 5.32 Å². The van der Waals surface area contributed by atoms with Gasteiger partial charge in [0.25, 0.3) is 5.91 Å². The van der Waals surface area contributed by atoms with Crippen molar-refractivity contribution >= 4 is 17.6 Å². The molecule has 0 radical (unpaired) electrons. The van der Waals surface area contributed by atoms with E-state index in [0.29, 0.717) is 24.6 Å². The molecule has 2 unspecified atom stereocenters. The van der Waals surface area contributed by atoms with Gasteiger partial charge in [0.15, 0.2) is 5.69 Å². The molecule has 1 aliphatic carbocycles. The monoisotopic (exact) mass is 334 g/mol. The van der Waals surface area contributed by atoms with Crippen molar-refractivity contribution in [1.82, 2.24) is 14.7 Å². The number of aryl methyl sites for hydroxylation is 1. The van der Waals surface area contributed by atoms with Crippen molar-refractivity contribution in [2.45, 2.75) is 51.7 Å². The molecule has 0 spiro atoms. The lowest BCUT2D eigenvalue weighted by Gasteiger charge is -2.34. The molecule has 24 heavy (non-hydrogen) atoms. The van der Waals surface area contributed by atoms with E-state index in [1.807, 2.05) is 13.8 Å². The number of anilines is 1. The summed E-state index contributed by atoms with van der Waals surface area (Å²) in [6.07, 6.45) is 4.14. The molecule has 132 valence electrons. The van der Waals surface area contributed by atoms with Gasteiger partial charge >= 0.3 is 0 Å². The Balaban J connectivity index is 1.68. The Morgan fingerprint density at radius 1 is 1.21 bits per heavy atom. The smallest absolute Gasteiger partial charge is 0.274 e. The number of nitrogens with zero attached hydrogens (tertiary/aromatic N) is 3. The summed E-state index contributed by atoms with van der Waals surface area (Å²) in [5.41, 5.74) is 0.362. The Kier molecular flexibility index (Phi) is 4.89. The van der Waals surface area contributed by atoms with E-state index >= 15 is 0 Å². The van der Waals surface area contributed by atoms with E-state index in [1.54, 1.807) is 22.7 Å². The van der Waals surface area contributed by atoms with Crippen molar-refractivity contribution in [3.63, 3.8) is 0 Å². The molecule has 0 aromatic carbocycles. The van der Waals surface area contributed by atoms with Gasteiger partial charge in [-0.3, -0.25) is 14.3 Å². The standard InChI is InChI=1S/C17H26N4O3/c1-11-9-21(10-12(2)24-11)17(23)14-8-15(20(3)19-14)18-16(22)13-6-4-5-7-13/h8,11-13H,4-7,9-10H2,1-3H3,(H,18,22). The molecule has 1 aromatic rings. The first-order chi connectivity index (χ1) is 11.4. The lowest BCUT2D eigenvalue weighted by molar-refractivity contribution is -0.119. The number of aromatic nitrogens is 2. The number of carbonyl (C=O) groups is 2. The molecule has 1 aromatic heterocycles. The predicted octanol–water partition coefficient (Wildman–Crippen LogP) is 1.80. The number of carbonyl (C=O) groups excluding carboxylic acids is 2. The van der Waals surface area contributed by atoms with Crippen LogP contribution in [0.5, 0.6) is 0 Å². The summed E-state index contributed by atoms with van der Waals surface area (Å²) in [6.45, 7) is 5.04. The molecule has 1 N–H and O–H groups in total. The Morgan fingerprint density at radius 2 is 1.83 bits per heavy atom. The van der Waals surface area contributed by atoms with Crippen LogP contribution in [0.3, 0.4) is 0 Å². The van der Waals surface area contributed by atoms with Crippen molar-refractivity contribution in [2.75, 3.05) is 18.4 Å². The molecule has 2 fully saturated rings. The highest BCUT2D eigenvalue weighted by Gasteiger charge is 2.29. The quantitative estimate of drug-likeness (QED) is 0.914. The van der Waals surface area contributed by atoms with Crippen LogP contribution >= 0.6 is 0 Å². The Labute approximate surface area is 142 Å². The second-order valence-electron chi connectivity index (χ2n) is 6.98. The molecule has 2 aliphatic rings. The number of morpholine rings is 1. The summed E-state index contributed by atoms with van der Waals surface area (Å²) >= 11 is 0. The summed E-state index contributed by atoms with van der Waals surface area (Å²) in [6, 6.07) is 1.67. The van der Waals surface area contributed by atoms with Crippen molar-refractivity contribution in [3.05, 3.63) is 11.8 Å². The SMILES string of the molecule is CC1CN(C(=O)c2cc(NC(=O)C3CCCC3)n(C)n2)CC(C)O1. The number of nitrogens with one attached hydrogen (secondary N) is 1. The van der Waals surface area contributed by atoms with E-state index in [0.717, 1.165) is 25.7 Å². The van der Waals surface area contributed by atoms with E-state index in [2.05, 4.69) is 10.4 Å². The number of hydrogen-bond acceptors (Lipinski definition) is 4. The summed E-state index contributed by atoms with van der Waals surface area (Å²) in [5.74, 6) is 0.571. The Bertz CT molecular complexity index is 611. The van der Waals surface area contributed by atoms with Crippen molar-refractivity contribution < 1.29 is 14.3 Å². The van der Waals surface area contributed by atoms with Crippen molar-refractivity contribution in [3.8, 4) is 0 Å². The molecule has 1 aliphatic heterocycles. The average Bonchev–Trinajstić information content (AvgIpc) is 3.16. The number of hydrogen-bond donors (Lipinski definition) is 1. The van der Waals surface area contributed by atoms with E-state index in [9.17, 15) is 9.59 Å². The summed E-state index contributed by atoms with van der Waals surface area (Å²) in [4.78, 5) is 26.7. The fourth-order valence-corrected chi connectivity index (χ4v) is 3.61. The van der Waals surface area contributed by atoms with Gasteiger partial charge in [0.05, 0.1) is 12.2 Å². The van der Waals surface area contributed by atoms with Crippen LogP contribution in [0.1, 0.15) is 50.0 Å². The highest BCUT2D eigenvalue weighted by Crippen LogP contribution is 2.26. The highest BCUT2D eigenvalue weighted by molar-refractivity contribution is 5.96. The maximum absolute atomic E-state index is 12.7. The number of ether oxygens (including phenoxy) is 1. The molecule has 2 amide bonds. The van der Waals surface area contributed by atoms with E-state index < -0.39 is 0 Å². The van der Waals surface area contributed by atoms with Gasteiger partial charge < -0.3 is 15.0 Å². The second kappa shape index (κ2) is 6.93. The van der Waals surface area contributed by atoms with Crippen molar-refractivity contribution in [2.24, 2.45) is 13.0 Å². The molecule has 0 bridgehead atoms. The van der Waals surface area contributed by atoms with Gasteiger partial charge in [0.1, 0.15) is 5.82 Å². The zero-order valence-electron chi connectivity index (χ0n) is 14.6. The first kappa shape index (κ1) is 17.0. The van der Waals surface area contributed by atoms with Gasteiger partial charge in [-0.1, -0.05) is 12.8 Å². The van der Waals surface area contributed by atoms with Crippen LogP contribution in [0, 0.1) is 5.92 Å². The van der Waals surface area contributed by atoms with Crippen molar-refractivity contribution in [1.29, 1.82) is 0 Å². The van der Waals surface area contributed by atoms with Gasteiger partial charge in [0, 0.05) is 32.1 Å². The molecule has 2 heterocycles. The van der Waals surface area contributed by atoms with Gasteiger partial charge in [-0.2, -0.15) is 5.10 Å². The fraction of sp³-hybridized carbons (Fsp3) is 0.706. The third-order valence-electron chi connectivity index (χ3n) is 4.78. The van der Waals surface area contributed by atoms with Gasteiger partial charge in [-0.15, -0.1) is 0 Å². The van der Waals surface area contributed by atoms with Crippen LogP contribution in [0.15, 0.2) is 6.07 Å². The maximum Gasteiger partial charge on any atom is 0.274 e. The zero-order chi connectivity index (χ0) is 17.3. The lowest BCUT2D eigenvalue weighted by Crippen LogP contribution is -2.48. The maximum atomic E-state index is 12.7. The molecule has 1 saturated heterocycles. The highest BCUT2D eigenvalue weighted by atomic mass is 16.5. The van der Waals surface area contributed by atoms with Gasteiger partial charge in [-0.05, 0) is 26.7 Å². The van der Waals surface area contributed by atoms with Gasteiger partial charge in [0.2, 0.25) is 5.91 Å². The third-order valence-corrected chi connectivity index (χ3v) is 4.78. The normalized spacial score (nSPS) is 25.0. The minimum Gasteiger partial charge on any atom is -0.372 e. The molecule has 7 nitrogen and oxygen atoms in total. The van der Waals surface area contributed by atoms with Crippen LogP contribution in [0.4, 0.5) is 5.82 Å². The van der Waals surface area contributed by atoms with Gasteiger partial charge in [-0.25, -0.2) is 0 Å².